The highest BCUT2D eigenvalue weighted by Gasteiger charge is 2.19. The molecule has 112 valence electrons. The fraction of sp³-hybridized carbons (Fsp3) is 0.118. The minimum Gasteiger partial charge on any atom is -0.506 e. The third-order valence-corrected chi connectivity index (χ3v) is 4.12. The summed E-state index contributed by atoms with van der Waals surface area (Å²) in [5.41, 5.74) is 8.56. The van der Waals surface area contributed by atoms with E-state index in [4.69, 9.17) is 17.3 Å². The van der Waals surface area contributed by atoms with Gasteiger partial charge in [0.1, 0.15) is 5.75 Å². The third kappa shape index (κ3) is 2.31. The van der Waals surface area contributed by atoms with Gasteiger partial charge < -0.3 is 15.4 Å². The standard InChI is InChI=1S/C17H15ClN2O2/c1-10-16(17(19)22)12-7-15(21)13(18)8-14(12)20(10)9-11-5-3-2-4-6-11/h2-8,21H,9H2,1H3,(H2,19,22). The maximum Gasteiger partial charge on any atom is 0.251 e. The Morgan fingerprint density at radius 2 is 1.95 bits per heavy atom. The molecular weight excluding hydrogens is 300 g/mol. The number of carbonyl (C=O) groups is 1. The number of amides is 1. The smallest absolute Gasteiger partial charge is 0.251 e. The van der Waals surface area contributed by atoms with Gasteiger partial charge in [-0.25, -0.2) is 0 Å². The largest absolute Gasteiger partial charge is 0.506 e. The van der Waals surface area contributed by atoms with E-state index < -0.39 is 5.91 Å². The number of primary amides is 1. The van der Waals surface area contributed by atoms with Gasteiger partial charge in [-0.15, -0.1) is 0 Å². The lowest BCUT2D eigenvalue weighted by Crippen LogP contribution is -2.13. The van der Waals surface area contributed by atoms with Crippen molar-refractivity contribution in [2.75, 3.05) is 0 Å². The number of nitrogens with zero attached hydrogens (tertiary/aromatic N) is 1. The van der Waals surface area contributed by atoms with Gasteiger partial charge in [0.25, 0.3) is 5.91 Å². The van der Waals surface area contributed by atoms with Gasteiger partial charge in [-0.05, 0) is 24.6 Å². The molecule has 4 nitrogen and oxygen atoms in total. The maximum atomic E-state index is 11.8. The van der Waals surface area contributed by atoms with Gasteiger partial charge in [0.15, 0.2) is 0 Å². The molecule has 3 N–H and O–H groups in total. The number of fused-ring (bicyclic) bond motifs is 1. The van der Waals surface area contributed by atoms with E-state index >= 15 is 0 Å². The van der Waals surface area contributed by atoms with Crippen LogP contribution in [0.25, 0.3) is 10.9 Å². The summed E-state index contributed by atoms with van der Waals surface area (Å²) in [4.78, 5) is 11.8. The van der Waals surface area contributed by atoms with Gasteiger partial charge in [-0.1, -0.05) is 41.9 Å². The lowest BCUT2D eigenvalue weighted by molar-refractivity contribution is 0.100. The first-order chi connectivity index (χ1) is 10.5. The minimum atomic E-state index is -0.518. The number of benzene rings is 2. The predicted octanol–water partition coefficient (Wildman–Crippen LogP) is 3.46. The fourth-order valence-corrected chi connectivity index (χ4v) is 2.92. The average molecular weight is 315 g/mol. The van der Waals surface area contributed by atoms with E-state index in [9.17, 15) is 9.90 Å². The summed E-state index contributed by atoms with van der Waals surface area (Å²) in [5, 5.41) is 10.7. The van der Waals surface area contributed by atoms with E-state index in [1.807, 2.05) is 41.8 Å². The number of phenolic OH excluding ortho intramolecular Hbond substituents is 1. The van der Waals surface area contributed by atoms with Crippen LogP contribution in [0.3, 0.4) is 0 Å². The zero-order chi connectivity index (χ0) is 15.9. The molecule has 3 rings (SSSR count). The van der Waals surface area contributed by atoms with E-state index in [0.29, 0.717) is 17.5 Å². The summed E-state index contributed by atoms with van der Waals surface area (Å²) in [6.07, 6.45) is 0. The Balaban J connectivity index is 2.27. The van der Waals surface area contributed by atoms with Crippen LogP contribution in [-0.2, 0) is 6.54 Å². The molecule has 1 heterocycles. The summed E-state index contributed by atoms with van der Waals surface area (Å²) in [6.45, 7) is 2.44. The second-order valence-corrected chi connectivity index (χ2v) is 5.62. The number of rotatable bonds is 3. The molecular formula is C17H15ClN2O2. The molecule has 2 aromatic carbocycles. The Morgan fingerprint density at radius 1 is 1.27 bits per heavy atom. The number of nitrogens with two attached hydrogens (primary N) is 1. The zero-order valence-electron chi connectivity index (χ0n) is 12.0. The molecule has 0 aliphatic heterocycles. The van der Waals surface area contributed by atoms with Crippen molar-refractivity contribution >= 4 is 28.4 Å². The van der Waals surface area contributed by atoms with E-state index in [0.717, 1.165) is 16.8 Å². The van der Waals surface area contributed by atoms with Gasteiger partial charge in [-0.3, -0.25) is 4.79 Å². The summed E-state index contributed by atoms with van der Waals surface area (Å²) in [6, 6.07) is 13.1. The number of carbonyl (C=O) groups excluding carboxylic acids is 1. The van der Waals surface area contributed by atoms with Crippen LogP contribution in [0.5, 0.6) is 5.75 Å². The predicted molar refractivity (Wildman–Crippen MR) is 87.4 cm³/mol. The molecule has 0 atom stereocenters. The van der Waals surface area contributed by atoms with Crippen LogP contribution in [-0.4, -0.2) is 15.6 Å². The van der Waals surface area contributed by atoms with Crippen LogP contribution in [0, 0.1) is 6.92 Å². The van der Waals surface area contributed by atoms with Crippen molar-refractivity contribution in [1.29, 1.82) is 0 Å². The quantitative estimate of drug-likeness (QED) is 0.777. The Morgan fingerprint density at radius 3 is 2.59 bits per heavy atom. The number of hydrogen-bond donors (Lipinski definition) is 2. The summed E-state index contributed by atoms with van der Waals surface area (Å²) in [5.74, 6) is -0.579. The van der Waals surface area contributed by atoms with Crippen LogP contribution >= 0.6 is 11.6 Å². The molecule has 0 bridgehead atoms. The molecule has 5 heteroatoms. The lowest BCUT2D eigenvalue weighted by Gasteiger charge is -2.09. The molecule has 0 saturated heterocycles. The van der Waals surface area contributed by atoms with Crippen molar-refractivity contribution in [3.05, 3.63) is 64.3 Å². The molecule has 0 saturated carbocycles. The van der Waals surface area contributed by atoms with Crippen molar-refractivity contribution in [1.82, 2.24) is 4.57 Å². The maximum absolute atomic E-state index is 11.8. The normalized spacial score (nSPS) is 11.0. The van der Waals surface area contributed by atoms with Crippen LogP contribution < -0.4 is 5.73 Å². The van der Waals surface area contributed by atoms with Gasteiger partial charge in [0.05, 0.1) is 16.1 Å². The van der Waals surface area contributed by atoms with Crippen LogP contribution in [0.4, 0.5) is 0 Å². The highest BCUT2D eigenvalue weighted by molar-refractivity contribution is 6.33. The molecule has 0 unspecified atom stereocenters. The monoisotopic (exact) mass is 314 g/mol. The first kappa shape index (κ1) is 14.5. The zero-order valence-corrected chi connectivity index (χ0v) is 12.8. The Kier molecular flexibility index (Phi) is 3.54. The fourth-order valence-electron chi connectivity index (χ4n) is 2.77. The van der Waals surface area contributed by atoms with Crippen molar-refractivity contribution in [3.63, 3.8) is 0 Å². The second kappa shape index (κ2) is 5.39. The van der Waals surface area contributed by atoms with E-state index in [-0.39, 0.29) is 10.8 Å². The average Bonchev–Trinajstić information content (AvgIpc) is 2.73. The number of halogens is 1. The molecule has 3 aromatic rings. The topological polar surface area (TPSA) is 68.2 Å². The highest BCUT2D eigenvalue weighted by atomic mass is 35.5. The van der Waals surface area contributed by atoms with Gasteiger partial charge in [0, 0.05) is 17.6 Å². The lowest BCUT2D eigenvalue weighted by atomic mass is 10.1. The van der Waals surface area contributed by atoms with Crippen LogP contribution in [0.2, 0.25) is 5.02 Å². The molecule has 0 radical (unpaired) electrons. The highest BCUT2D eigenvalue weighted by Crippen LogP contribution is 2.34. The van der Waals surface area contributed by atoms with Crippen molar-refractivity contribution in [2.45, 2.75) is 13.5 Å². The SMILES string of the molecule is Cc1c(C(N)=O)c2cc(O)c(Cl)cc2n1Cc1ccccc1. The van der Waals surface area contributed by atoms with Gasteiger partial charge in [0.2, 0.25) is 0 Å². The van der Waals surface area contributed by atoms with Crippen molar-refractivity contribution in [2.24, 2.45) is 5.73 Å². The van der Waals surface area contributed by atoms with Crippen molar-refractivity contribution < 1.29 is 9.90 Å². The number of hydrogen-bond acceptors (Lipinski definition) is 2. The van der Waals surface area contributed by atoms with Gasteiger partial charge in [-0.2, -0.15) is 0 Å². The molecule has 0 spiro atoms. The van der Waals surface area contributed by atoms with E-state index in [1.54, 1.807) is 6.07 Å². The number of phenols is 1. The first-order valence-corrected chi connectivity index (χ1v) is 7.22. The van der Waals surface area contributed by atoms with Gasteiger partial charge >= 0.3 is 0 Å². The molecule has 0 aliphatic rings. The minimum absolute atomic E-state index is 0.0615. The summed E-state index contributed by atoms with van der Waals surface area (Å²) in [7, 11) is 0. The van der Waals surface area contributed by atoms with Crippen LogP contribution in [0.15, 0.2) is 42.5 Å². The van der Waals surface area contributed by atoms with E-state index in [2.05, 4.69) is 0 Å². The Hall–Kier alpha value is -2.46. The molecule has 22 heavy (non-hydrogen) atoms. The first-order valence-electron chi connectivity index (χ1n) is 6.84. The molecule has 0 aliphatic carbocycles. The summed E-state index contributed by atoms with van der Waals surface area (Å²) >= 11 is 6.02. The van der Waals surface area contributed by atoms with Crippen LogP contribution in [0.1, 0.15) is 21.6 Å². The molecule has 1 aromatic heterocycles. The van der Waals surface area contributed by atoms with Crippen molar-refractivity contribution in [3.8, 4) is 5.75 Å². The van der Waals surface area contributed by atoms with E-state index in [1.165, 1.54) is 6.07 Å². The Bertz CT molecular complexity index is 869. The second-order valence-electron chi connectivity index (χ2n) is 5.22. The molecule has 1 amide bonds. The third-order valence-electron chi connectivity index (χ3n) is 3.82. The Labute approximate surface area is 132 Å². The summed E-state index contributed by atoms with van der Waals surface area (Å²) < 4.78 is 1.98. The molecule has 0 fully saturated rings. The number of aromatic hydroxyl groups is 1. The number of aromatic nitrogens is 1.